The van der Waals surface area contributed by atoms with Gasteiger partial charge >= 0.3 is 6.03 Å². The van der Waals surface area contributed by atoms with Crippen molar-refractivity contribution < 1.29 is 4.79 Å². The fourth-order valence-electron chi connectivity index (χ4n) is 2.22. The number of rotatable bonds is 6. The molecular formula is C16H21N5O. The number of anilines is 1. The van der Waals surface area contributed by atoms with Crippen molar-refractivity contribution in [2.45, 2.75) is 19.5 Å². The second-order valence-electron chi connectivity index (χ2n) is 5.29. The summed E-state index contributed by atoms with van der Waals surface area (Å²) in [5, 5.41) is 13.1. The molecule has 1 atom stereocenters. The molecule has 0 aliphatic carbocycles. The van der Waals surface area contributed by atoms with E-state index in [0.717, 1.165) is 13.1 Å². The van der Waals surface area contributed by atoms with Crippen molar-refractivity contribution in [3.63, 3.8) is 0 Å². The highest BCUT2D eigenvalue weighted by molar-refractivity contribution is 5.88. The third-order valence-corrected chi connectivity index (χ3v) is 3.07. The molecule has 0 bridgehead atoms. The van der Waals surface area contributed by atoms with Crippen molar-refractivity contribution in [3.05, 3.63) is 54.2 Å². The Morgan fingerprint density at radius 3 is 2.68 bits per heavy atom. The number of carbonyl (C=O) groups excluding carboxylic acids is 1. The lowest BCUT2D eigenvalue weighted by Crippen LogP contribution is -2.42. The van der Waals surface area contributed by atoms with E-state index in [0.29, 0.717) is 5.82 Å². The topological polar surface area (TPSA) is 70.2 Å². The number of nitrogens with zero attached hydrogens (tertiary/aromatic N) is 3. The molecule has 6 heteroatoms. The summed E-state index contributed by atoms with van der Waals surface area (Å²) in [6, 6.07) is 13.4. The monoisotopic (exact) mass is 299 g/mol. The fraction of sp³-hybridized carbons (Fsp3) is 0.312. The number of nitrogens with one attached hydrogen (secondary N) is 2. The molecule has 2 N–H and O–H groups in total. The molecule has 0 aliphatic rings. The third kappa shape index (κ3) is 5.49. The maximum Gasteiger partial charge on any atom is 0.320 e. The van der Waals surface area contributed by atoms with Crippen LogP contribution in [0.3, 0.4) is 0 Å². The second-order valence-corrected chi connectivity index (χ2v) is 5.29. The molecule has 22 heavy (non-hydrogen) atoms. The Labute approximate surface area is 130 Å². The van der Waals surface area contributed by atoms with E-state index in [4.69, 9.17) is 0 Å². The molecule has 0 fully saturated rings. The fourth-order valence-corrected chi connectivity index (χ4v) is 2.22. The van der Waals surface area contributed by atoms with Crippen LogP contribution in [0.1, 0.15) is 12.5 Å². The molecule has 6 nitrogen and oxygen atoms in total. The summed E-state index contributed by atoms with van der Waals surface area (Å²) in [6.45, 7) is 3.57. The standard InChI is InChI=1S/C16H21N5O/c1-13(11-21(2)12-14-7-4-3-5-8-14)18-16(22)19-15-9-6-10-17-20-15/h3-10,13H,11-12H2,1-2H3,(H2,18,19,20,22)/t13-/m1/s1. The van der Waals surface area contributed by atoms with Crippen LogP contribution in [0.25, 0.3) is 0 Å². The summed E-state index contributed by atoms with van der Waals surface area (Å²) in [5.74, 6) is 0.435. The number of likely N-dealkylation sites (N-methyl/N-ethyl adjacent to an activating group) is 1. The Morgan fingerprint density at radius 1 is 1.23 bits per heavy atom. The number of urea groups is 1. The van der Waals surface area contributed by atoms with Crippen LogP contribution in [0.4, 0.5) is 10.6 Å². The van der Waals surface area contributed by atoms with Crippen LogP contribution in [0, 0.1) is 0 Å². The van der Waals surface area contributed by atoms with Crippen molar-refractivity contribution in [3.8, 4) is 0 Å². The lowest BCUT2D eigenvalue weighted by molar-refractivity contribution is 0.241. The van der Waals surface area contributed by atoms with E-state index in [1.807, 2.05) is 32.2 Å². The van der Waals surface area contributed by atoms with Crippen molar-refractivity contribution in [2.75, 3.05) is 18.9 Å². The number of carbonyl (C=O) groups is 1. The van der Waals surface area contributed by atoms with Crippen molar-refractivity contribution in [1.29, 1.82) is 0 Å². The Balaban J connectivity index is 1.75. The number of benzene rings is 1. The van der Waals surface area contributed by atoms with Crippen LogP contribution in [0.5, 0.6) is 0 Å². The number of aromatic nitrogens is 2. The Kier molecular flexibility index (Phi) is 5.85. The van der Waals surface area contributed by atoms with Gasteiger partial charge in [0.15, 0.2) is 5.82 Å². The molecule has 1 heterocycles. The van der Waals surface area contributed by atoms with Gasteiger partial charge in [-0.15, -0.1) is 5.10 Å². The van der Waals surface area contributed by atoms with Gasteiger partial charge in [-0.1, -0.05) is 30.3 Å². The summed E-state index contributed by atoms with van der Waals surface area (Å²) >= 11 is 0. The molecule has 0 saturated heterocycles. The van der Waals surface area contributed by atoms with Crippen LogP contribution in [0.2, 0.25) is 0 Å². The minimum Gasteiger partial charge on any atom is -0.334 e. The average molecular weight is 299 g/mol. The molecule has 1 aromatic heterocycles. The zero-order chi connectivity index (χ0) is 15.8. The third-order valence-electron chi connectivity index (χ3n) is 3.07. The molecule has 0 radical (unpaired) electrons. The minimum absolute atomic E-state index is 0.0189. The summed E-state index contributed by atoms with van der Waals surface area (Å²) in [6.07, 6.45) is 1.56. The SMILES string of the molecule is C[C@H](CN(C)Cc1ccccc1)NC(=O)Nc1cccnn1. The number of hydrogen-bond donors (Lipinski definition) is 2. The highest BCUT2D eigenvalue weighted by atomic mass is 16.2. The second kappa shape index (κ2) is 8.09. The molecule has 0 spiro atoms. The smallest absolute Gasteiger partial charge is 0.320 e. The van der Waals surface area contributed by atoms with E-state index in [-0.39, 0.29) is 12.1 Å². The van der Waals surface area contributed by atoms with Crippen LogP contribution in [0.15, 0.2) is 48.7 Å². The van der Waals surface area contributed by atoms with Gasteiger partial charge in [0, 0.05) is 25.3 Å². The number of hydrogen-bond acceptors (Lipinski definition) is 4. The van der Waals surface area contributed by atoms with Gasteiger partial charge in [0.2, 0.25) is 0 Å². The number of amides is 2. The predicted octanol–water partition coefficient (Wildman–Crippen LogP) is 2.12. The molecule has 116 valence electrons. The summed E-state index contributed by atoms with van der Waals surface area (Å²) in [4.78, 5) is 14.0. The van der Waals surface area contributed by atoms with Crippen molar-refractivity contribution in [2.24, 2.45) is 0 Å². The van der Waals surface area contributed by atoms with Gasteiger partial charge in [0.1, 0.15) is 0 Å². The first-order valence-corrected chi connectivity index (χ1v) is 7.21. The molecule has 2 rings (SSSR count). The van der Waals surface area contributed by atoms with Crippen molar-refractivity contribution in [1.82, 2.24) is 20.4 Å². The van der Waals surface area contributed by atoms with E-state index in [2.05, 4.69) is 37.9 Å². The van der Waals surface area contributed by atoms with E-state index in [9.17, 15) is 4.79 Å². The highest BCUT2D eigenvalue weighted by Crippen LogP contribution is 2.03. The minimum atomic E-state index is -0.277. The molecule has 0 unspecified atom stereocenters. The average Bonchev–Trinajstić information content (AvgIpc) is 2.48. The quantitative estimate of drug-likeness (QED) is 0.857. The summed E-state index contributed by atoms with van der Waals surface area (Å²) in [7, 11) is 2.03. The molecular weight excluding hydrogens is 278 g/mol. The lowest BCUT2D eigenvalue weighted by atomic mass is 10.2. The van der Waals surface area contributed by atoms with E-state index >= 15 is 0 Å². The Morgan fingerprint density at radius 2 is 2.00 bits per heavy atom. The normalized spacial score (nSPS) is 12.0. The van der Waals surface area contributed by atoms with Gasteiger partial charge in [-0.3, -0.25) is 5.32 Å². The first-order chi connectivity index (χ1) is 10.6. The largest absolute Gasteiger partial charge is 0.334 e. The van der Waals surface area contributed by atoms with Crippen LogP contribution in [-0.4, -0.2) is 40.8 Å². The molecule has 2 amide bonds. The van der Waals surface area contributed by atoms with Crippen molar-refractivity contribution >= 4 is 11.8 Å². The summed E-state index contributed by atoms with van der Waals surface area (Å²) < 4.78 is 0. The first-order valence-electron chi connectivity index (χ1n) is 7.21. The Hall–Kier alpha value is -2.47. The van der Waals surface area contributed by atoms with E-state index in [1.165, 1.54) is 5.56 Å². The lowest BCUT2D eigenvalue weighted by Gasteiger charge is -2.22. The van der Waals surface area contributed by atoms with Crippen LogP contribution < -0.4 is 10.6 Å². The van der Waals surface area contributed by atoms with Crippen LogP contribution in [-0.2, 0) is 6.54 Å². The van der Waals surface area contributed by atoms with Crippen LogP contribution >= 0.6 is 0 Å². The predicted molar refractivity (Wildman–Crippen MR) is 86.4 cm³/mol. The zero-order valence-corrected chi connectivity index (χ0v) is 12.9. The Bertz CT molecular complexity index is 576. The first kappa shape index (κ1) is 15.9. The van der Waals surface area contributed by atoms with E-state index < -0.39 is 0 Å². The zero-order valence-electron chi connectivity index (χ0n) is 12.9. The maximum atomic E-state index is 11.9. The maximum absolute atomic E-state index is 11.9. The van der Waals surface area contributed by atoms with E-state index in [1.54, 1.807) is 18.3 Å². The molecule has 0 aliphatic heterocycles. The van der Waals surface area contributed by atoms with Gasteiger partial charge in [-0.05, 0) is 31.7 Å². The van der Waals surface area contributed by atoms with Gasteiger partial charge in [0.05, 0.1) is 0 Å². The van der Waals surface area contributed by atoms with Gasteiger partial charge < -0.3 is 10.2 Å². The molecule has 0 saturated carbocycles. The van der Waals surface area contributed by atoms with Gasteiger partial charge in [-0.25, -0.2) is 4.79 Å². The highest BCUT2D eigenvalue weighted by Gasteiger charge is 2.10. The molecule has 2 aromatic rings. The van der Waals surface area contributed by atoms with Gasteiger partial charge in [0.25, 0.3) is 0 Å². The summed E-state index contributed by atoms with van der Waals surface area (Å²) in [5.41, 5.74) is 1.25. The molecule has 1 aromatic carbocycles. The van der Waals surface area contributed by atoms with Gasteiger partial charge in [-0.2, -0.15) is 5.10 Å².